The molecule has 0 amide bonds. The second-order valence-corrected chi connectivity index (χ2v) is 4.83. The number of allylic oxidation sites excluding steroid dienone is 1. The van der Waals surface area contributed by atoms with Gasteiger partial charge in [-0.1, -0.05) is 30.3 Å². The van der Waals surface area contributed by atoms with Crippen LogP contribution in [0.25, 0.3) is 0 Å². The van der Waals surface area contributed by atoms with Crippen molar-refractivity contribution in [1.29, 1.82) is 0 Å². The minimum Gasteiger partial charge on any atom is -0.496 e. The Bertz CT molecular complexity index is 781. The predicted molar refractivity (Wildman–Crippen MR) is 84.5 cm³/mol. The molecule has 0 bridgehead atoms. The molecule has 110 valence electrons. The van der Waals surface area contributed by atoms with Crippen LogP contribution in [0.1, 0.15) is 17.2 Å². The zero-order valence-electron chi connectivity index (χ0n) is 12.0. The number of rotatable bonds is 4. The van der Waals surface area contributed by atoms with E-state index in [9.17, 15) is 10.1 Å². The molecule has 5 heteroatoms. The highest BCUT2D eigenvalue weighted by atomic mass is 16.6. The summed E-state index contributed by atoms with van der Waals surface area (Å²) in [6, 6.07) is 13.9. The first-order chi connectivity index (χ1) is 10.7. The van der Waals surface area contributed by atoms with Crippen LogP contribution in [0.15, 0.2) is 65.7 Å². The highest BCUT2D eigenvalue weighted by Crippen LogP contribution is 2.33. The fourth-order valence-corrected chi connectivity index (χ4v) is 2.51. The highest BCUT2D eigenvalue weighted by molar-refractivity contribution is 6.11. The van der Waals surface area contributed by atoms with E-state index >= 15 is 0 Å². The lowest BCUT2D eigenvalue weighted by Crippen LogP contribution is -2.00. The molecule has 0 radical (unpaired) electrons. The summed E-state index contributed by atoms with van der Waals surface area (Å²) in [6.45, 7) is 0. The van der Waals surface area contributed by atoms with E-state index in [1.807, 2.05) is 36.4 Å². The molecule has 1 aliphatic rings. The molecule has 5 nitrogen and oxygen atoms in total. The summed E-state index contributed by atoms with van der Waals surface area (Å²) < 4.78 is 5.34. The van der Waals surface area contributed by atoms with Crippen LogP contribution >= 0.6 is 0 Å². The number of nitro groups is 1. The molecular formula is C17H14N2O3. The maximum absolute atomic E-state index is 11.1. The van der Waals surface area contributed by atoms with E-state index in [1.165, 1.54) is 6.07 Å². The Kier molecular flexibility index (Phi) is 3.70. The Morgan fingerprint density at radius 2 is 1.86 bits per heavy atom. The van der Waals surface area contributed by atoms with Gasteiger partial charge in [-0.3, -0.25) is 15.1 Å². The first-order valence-electron chi connectivity index (χ1n) is 6.83. The molecule has 1 atom stereocenters. The van der Waals surface area contributed by atoms with Gasteiger partial charge in [-0.05, 0) is 24.3 Å². The average Bonchev–Trinajstić information content (AvgIpc) is 3.04. The molecule has 22 heavy (non-hydrogen) atoms. The van der Waals surface area contributed by atoms with E-state index in [0.29, 0.717) is 5.56 Å². The number of hydrogen-bond donors (Lipinski definition) is 0. The Hall–Kier alpha value is -2.95. The zero-order valence-corrected chi connectivity index (χ0v) is 12.0. The number of nitrogens with zero attached hydrogens (tertiary/aromatic N) is 2. The molecule has 0 saturated heterocycles. The van der Waals surface area contributed by atoms with Crippen LogP contribution in [0.3, 0.4) is 0 Å². The third kappa shape index (κ3) is 2.48. The van der Waals surface area contributed by atoms with Gasteiger partial charge in [0, 0.05) is 11.6 Å². The number of hydrogen-bond acceptors (Lipinski definition) is 4. The molecule has 0 aromatic heterocycles. The van der Waals surface area contributed by atoms with Crippen molar-refractivity contribution in [2.45, 2.75) is 6.04 Å². The smallest absolute Gasteiger partial charge is 0.275 e. The molecule has 2 aromatic rings. The van der Waals surface area contributed by atoms with Crippen molar-refractivity contribution in [2.24, 2.45) is 4.99 Å². The standard InChI is InChI=1S/C17H14N2O3/c1-22-17-9-5-3-7-13(17)15-11-10-14(18-15)12-6-2-4-8-16(12)19(20)21/h2-11,14H,1H3. The van der Waals surface area contributed by atoms with Gasteiger partial charge in [0.15, 0.2) is 0 Å². The number of para-hydroxylation sites is 2. The SMILES string of the molecule is COc1ccccc1C1=NC(c2ccccc2[N+](=O)[O-])C=C1. The summed E-state index contributed by atoms with van der Waals surface area (Å²) in [5, 5.41) is 11.1. The van der Waals surface area contributed by atoms with Crippen molar-refractivity contribution >= 4 is 11.4 Å². The lowest BCUT2D eigenvalue weighted by molar-refractivity contribution is -0.385. The van der Waals surface area contributed by atoms with E-state index in [4.69, 9.17) is 4.74 Å². The van der Waals surface area contributed by atoms with E-state index in [2.05, 4.69) is 4.99 Å². The quantitative estimate of drug-likeness (QED) is 0.638. The number of ether oxygens (including phenoxy) is 1. The Morgan fingerprint density at radius 3 is 2.64 bits per heavy atom. The third-order valence-electron chi connectivity index (χ3n) is 3.55. The number of benzene rings is 2. The van der Waals surface area contributed by atoms with E-state index in [-0.39, 0.29) is 16.7 Å². The van der Waals surface area contributed by atoms with Crippen molar-refractivity contribution in [3.63, 3.8) is 0 Å². The second-order valence-electron chi connectivity index (χ2n) is 4.83. The lowest BCUT2D eigenvalue weighted by atomic mass is 10.1. The summed E-state index contributed by atoms with van der Waals surface area (Å²) in [5.74, 6) is 0.731. The van der Waals surface area contributed by atoms with Gasteiger partial charge >= 0.3 is 0 Å². The van der Waals surface area contributed by atoms with Gasteiger partial charge in [-0.25, -0.2) is 0 Å². The minimum absolute atomic E-state index is 0.0853. The van der Waals surface area contributed by atoms with Crippen LogP contribution in [0, 0.1) is 10.1 Å². The summed E-state index contributed by atoms with van der Waals surface area (Å²) in [6.07, 6.45) is 3.74. The van der Waals surface area contributed by atoms with Crippen molar-refractivity contribution in [3.8, 4) is 5.75 Å². The van der Waals surface area contributed by atoms with Gasteiger partial charge in [0.25, 0.3) is 5.69 Å². The highest BCUT2D eigenvalue weighted by Gasteiger charge is 2.23. The Balaban J connectivity index is 2.00. The molecule has 0 spiro atoms. The van der Waals surface area contributed by atoms with Gasteiger partial charge in [-0.2, -0.15) is 0 Å². The summed E-state index contributed by atoms with van der Waals surface area (Å²) >= 11 is 0. The normalized spacial score (nSPS) is 16.4. The average molecular weight is 294 g/mol. The van der Waals surface area contributed by atoms with Gasteiger partial charge < -0.3 is 4.74 Å². The van der Waals surface area contributed by atoms with Crippen LogP contribution in [0.2, 0.25) is 0 Å². The fraction of sp³-hybridized carbons (Fsp3) is 0.118. The van der Waals surface area contributed by atoms with Gasteiger partial charge in [0.2, 0.25) is 0 Å². The van der Waals surface area contributed by atoms with Gasteiger partial charge in [0.1, 0.15) is 11.8 Å². The molecule has 0 fully saturated rings. The van der Waals surface area contributed by atoms with Crippen molar-refractivity contribution in [2.75, 3.05) is 7.11 Å². The van der Waals surface area contributed by atoms with Crippen molar-refractivity contribution in [1.82, 2.24) is 0 Å². The van der Waals surface area contributed by atoms with Gasteiger partial charge in [0.05, 0.1) is 23.3 Å². The number of methoxy groups -OCH3 is 1. The second kappa shape index (κ2) is 5.81. The van der Waals surface area contributed by atoms with Crippen molar-refractivity contribution < 1.29 is 9.66 Å². The molecular weight excluding hydrogens is 280 g/mol. The van der Waals surface area contributed by atoms with Crippen LogP contribution in [-0.2, 0) is 0 Å². The zero-order chi connectivity index (χ0) is 15.5. The molecule has 1 unspecified atom stereocenters. The molecule has 0 aliphatic carbocycles. The van der Waals surface area contributed by atoms with Crippen LogP contribution in [0.4, 0.5) is 5.69 Å². The molecule has 0 N–H and O–H groups in total. The fourth-order valence-electron chi connectivity index (χ4n) is 2.51. The van der Waals surface area contributed by atoms with Crippen LogP contribution in [-0.4, -0.2) is 17.7 Å². The molecule has 1 heterocycles. The number of aliphatic imine (C=N–C) groups is 1. The number of nitro benzene ring substituents is 1. The molecule has 3 rings (SSSR count). The molecule has 0 saturated carbocycles. The first-order valence-corrected chi connectivity index (χ1v) is 6.83. The maximum atomic E-state index is 11.1. The predicted octanol–water partition coefficient (Wildman–Crippen LogP) is 3.70. The van der Waals surface area contributed by atoms with Crippen LogP contribution in [0.5, 0.6) is 5.75 Å². The molecule has 2 aromatic carbocycles. The summed E-state index contributed by atoms with van der Waals surface area (Å²) in [7, 11) is 1.61. The maximum Gasteiger partial charge on any atom is 0.275 e. The Morgan fingerprint density at radius 1 is 1.14 bits per heavy atom. The summed E-state index contributed by atoms with van der Waals surface area (Å²) in [5.41, 5.74) is 2.32. The van der Waals surface area contributed by atoms with E-state index in [1.54, 1.807) is 25.3 Å². The monoisotopic (exact) mass is 294 g/mol. The van der Waals surface area contributed by atoms with E-state index in [0.717, 1.165) is 17.0 Å². The summed E-state index contributed by atoms with van der Waals surface area (Å²) in [4.78, 5) is 15.4. The first kappa shape index (κ1) is 14.0. The largest absolute Gasteiger partial charge is 0.496 e. The van der Waals surface area contributed by atoms with E-state index < -0.39 is 0 Å². The minimum atomic E-state index is -0.375. The third-order valence-corrected chi connectivity index (χ3v) is 3.55. The lowest BCUT2D eigenvalue weighted by Gasteiger charge is -2.08. The van der Waals surface area contributed by atoms with Crippen LogP contribution < -0.4 is 4.74 Å². The van der Waals surface area contributed by atoms with Gasteiger partial charge in [-0.15, -0.1) is 0 Å². The van der Waals surface area contributed by atoms with Crippen molar-refractivity contribution in [3.05, 3.63) is 81.9 Å². The molecule has 1 aliphatic heterocycles. The Labute approximate surface area is 127 Å². The topological polar surface area (TPSA) is 64.7 Å².